The minimum Gasteiger partial charge on any atom is -0.349 e. The summed E-state index contributed by atoms with van der Waals surface area (Å²) >= 11 is 0. The van der Waals surface area contributed by atoms with Crippen LogP contribution in [0.3, 0.4) is 0 Å². The number of sulfone groups is 1. The van der Waals surface area contributed by atoms with Crippen molar-refractivity contribution in [1.29, 1.82) is 0 Å². The number of likely N-dealkylation sites (N-methyl/N-ethyl adjacent to an activating group) is 1. The molecule has 0 saturated carbocycles. The molecule has 0 bridgehead atoms. The molecule has 1 aromatic heterocycles. The van der Waals surface area contributed by atoms with Gasteiger partial charge in [-0.3, -0.25) is 0 Å². The second kappa shape index (κ2) is 5.44. The third-order valence-electron chi connectivity index (χ3n) is 3.38. The van der Waals surface area contributed by atoms with Crippen LogP contribution in [-0.4, -0.2) is 63.8 Å². The summed E-state index contributed by atoms with van der Waals surface area (Å²) in [6.07, 6.45) is 2.83. The van der Waals surface area contributed by atoms with E-state index >= 15 is 0 Å². The standard InChI is InChI=1S/C12H20N4O2S/c1-15-6-7-16(10(8-13)9-15)12-11(19(2,17)18)4-3-5-14-12/h3-5,10H,6-9,13H2,1-2H3. The van der Waals surface area contributed by atoms with Crippen LogP contribution in [0, 0.1) is 0 Å². The quantitative estimate of drug-likeness (QED) is 0.811. The van der Waals surface area contributed by atoms with Crippen LogP contribution in [0.2, 0.25) is 0 Å². The van der Waals surface area contributed by atoms with Crippen molar-refractivity contribution < 1.29 is 8.42 Å². The number of aromatic nitrogens is 1. The molecular weight excluding hydrogens is 264 g/mol. The van der Waals surface area contributed by atoms with Gasteiger partial charge in [-0.15, -0.1) is 0 Å². The molecule has 19 heavy (non-hydrogen) atoms. The monoisotopic (exact) mass is 284 g/mol. The van der Waals surface area contributed by atoms with Gasteiger partial charge in [-0.2, -0.15) is 0 Å². The Labute approximate surface area is 114 Å². The zero-order chi connectivity index (χ0) is 14.0. The Hall–Kier alpha value is -1.18. The highest BCUT2D eigenvalue weighted by Gasteiger charge is 2.28. The van der Waals surface area contributed by atoms with Crippen LogP contribution >= 0.6 is 0 Å². The van der Waals surface area contributed by atoms with Crippen molar-refractivity contribution >= 4 is 15.7 Å². The van der Waals surface area contributed by atoms with Crippen molar-refractivity contribution in [2.75, 3.05) is 44.4 Å². The molecule has 2 rings (SSSR count). The Balaban J connectivity index is 2.41. The lowest BCUT2D eigenvalue weighted by Gasteiger charge is -2.40. The fourth-order valence-corrected chi connectivity index (χ4v) is 3.21. The second-order valence-electron chi connectivity index (χ2n) is 4.94. The van der Waals surface area contributed by atoms with E-state index in [-0.39, 0.29) is 10.9 Å². The van der Waals surface area contributed by atoms with Gasteiger partial charge < -0.3 is 15.5 Å². The van der Waals surface area contributed by atoms with Gasteiger partial charge in [-0.1, -0.05) is 0 Å². The number of piperazine rings is 1. The highest BCUT2D eigenvalue weighted by molar-refractivity contribution is 7.90. The molecule has 106 valence electrons. The largest absolute Gasteiger partial charge is 0.349 e. The third-order valence-corrected chi connectivity index (χ3v) is 4.50. The maximum Gasteiger partial charge on any atom is 0.179 e. The van der Waals surface area contributed by atoms with Gasteiger partial charge in [0.25, 0.3) is 0 Å². The molecule has 1 fully saturated rings. The Morgan fingerprint density at radius 1 is 1.47 bits per heavy atom. The van der Waals surface area contributed by atoms with Crippen molar-refractivity contribution in [3.8, 4) is 0 Å². The zero-order valence-electron chi connectivity index (χ0n) is 11.3. The van der Waals surface area contributed by atoms with Crippen LogP contribution < -0.4 is 10.6 Å². The highest BCUT2D eigenvalue weighted by atomic mass is 32.2. The van der Waals surface area contributed by atoms with Crippen LogP contribution in [-0.2, 0) is 9.84 Å². The summed E-state index contributed by atoms with van der Waals surface area (Å²) in [6.45, 7) is 2.90. The number of anilines is 1. The molecule has 0 spiro atoms. The van der Waals surface area contributed by atoms with E-state index in [4.69, 9.17) is 5.73 Å². The van der Waals surface area contributed by atoms with Crippen LogP contribution in [0.25, 0.3) is 0 Å². The van der Waals surface area contributed by atoms with Gasteiger partial charge in [0.05, 0.1) is 6.04 Å². The average Bonchev–Trinajstić information content (AvgIpc) is 2.37. The lowest BCUT2D eigenvalue weighted by Crippen LogP contribution is -2.55. The summed E-state index contributed by atoms with van der Waals surface area (Å²) in [6, 6.07) is 3.34. The summed E-state index contributed by atoms with van der Waals surface area (Å²) in [7, 11) is -1.25. The Morgan fingerprint density at radius 2 is 2.21 bits per heavy atom. The van der Waals surface area contributed by atoms with Gasteiger partial charge in [-0.25, -0.2) is 13.4 Å². The number of pyridine rings is 1. The summed E-state index contributed by atoms with van der Waals surface area (Å²) in [5.41, 5.74) is 5.81. The number of hydrogen-bond acceptors (Lipinski definition) is 6. The fourth-order valence-electron chi connectivity index (χ4n) is 2.38. The fraction of sp³-hybridized carbons (Fsp3) is 0.583. The van der Waals surface area contributed by atoms with Crippen molar-refractivity contribution in [2.45, 2.75) is 10.9 Å². The summed E-state index contributed by atoms with van der Waals surface area (Å²) in [5, 5.41) is 0. The van der Waals surface area contributed by atoms with Crippen LogP contribution in [0.1, 0.15) is 0 Å². The predicted octanol–water partition coefficient (Wildman–Crippen LogP) is -0.436. The maximum atomic E-state index is 11.8. The lowest BCUT2D eigenvalue weighted by molar-refractivity contribution is 0.268. The third kappa shape index (κ3) is 3.05. The van der Waals surface area contributed by atoms with Gasteiger partial charge >= 0.3 is 0 Å². The van der Waals surface area contributed by atoms with Gasteiger partial charge in [0.1, 0.15) is 10.7 Å². The topological polar surface area (TPSA) is 79.5 Å². The Bertz CT molecular complexity index is 546. The van der Waals surface area contributed by atoms with Crippen molar-refractivity contribution in [1.82, 2.24) is 9.88 Å². The number of nitrogens with two attached hydrogens (primary N) is 1. The van der Waals surface area contributed by atoms with E-state index in [1.54, 1.807) is 18.3 Å². The molecule has 2 heterocycles. The first-order valence-corrected chi connectivity index (χ1v) is 8.13. The average molecular weight is 284 g/mol. The van der Waals surface area contributed by atoms with Crippen molar-refractivity contribution in [3.63, 3.8) is 0 Å². The van der Waals surface area contributed by atoms with E-state index in [0.717, 1.165) is 19.6 Å². The minimum absolute atomic E-state index is 0.0918. The molecule has 0 radical (unpaired) electrons. The number of nitrogens with zero attached hydrogens (tertiary/aromatic N) is 3. The molecular formula is C12H20N4O2S. The molecule has 1 aliphatic heterocycles. The van der Waals surface area contributed by atoms with Crippen LogP contribution in [0.4, 0.5) is 5.82 Å². The van der Waals surface area contributed by atoms with E-state index < -0.39 is 9.84 Å². The summed E-state index contributed by atoms with van der Waals surface area (Å²) in [4.78, 5) is 8.74. The molecule has 6 nitrogen and oxygen atoms in total. The highest BCUT2D eigenvalue weighted by Crippen LogP contribution is 2.25. The molecule has 1 saturated heterocycles. The molecule has 1 atom stereocenters. The summed E-state index contributed by atoms with van der Waals surface area (Å²) in [5.74, 6) is 0.522. The smallest absolute Gasteiger partial charge is 0.179 e. The molecule has 0 aliphatic carbocycles. The molecule has 0 aromatic carbocycles. The summed E-state index contributed by atoms with van der Waals surface area (Å²) < 4.78 is 23.7. The van der Waals surface area contributed by atoms with Gasteiger partial charge in [-0.05, 0) is 19.2 Å². The second-order valence-corrected chi connectivity index (χ2v) is 6.93. The first kappa shape index (κ1) is 14.2. The van der Waals surface area contributed by atoms with Gasteiger partial charge in [0.15, 0.2) is 9.84 Å². The lowest BCUT2D eigenvalue weighted by atomic mass is 10.1. The Kier molecular flexibility index (Phi) is 4.07. The maximum absolute atomic E-state index is 11.8. The molecule has 1 aliphatic rings. The van der Waals surface area contributed by atoms with E-state index in [1.807, 2.05) is 11.9 Å². The van der Waals surface area contributed by atoms with Crippen molar-refractivity contribution in [2.24, 2.45) is 5.73 Å². The van der Waals surface area contributed by atoms with Crippen LogP contribution in [0.5, 0.6) is 0 Å². The zero-order valence-corrected chi connectivity index (χ0v) is 12.1. The molecule has 1 unspecified atom stereocenters. The molecule has 2 N–H and O–H groups in total. The molecule has 1 aromatic rings. The van der Waals surface area contributed by atoms with Gasteiger partial charge in [0.2, 0.25) is 0 Å². The molecule has 7 heteroatoms. The minimum atomic E-state index is -3.29. The van der Waals surface area contributed by atoms with Crippen molar-refractivity contribution in [3.05, 3.63) is 18.3 Å². The van der Waals surface area contributed by atoms with E-state index in [1.165, 1.54) is 6.26 Å². The van der Waals surface area contributed by atoms with Crippen LogP contribution in [0.15, 0.2) is 23.2 Å². The molecule has 0 amide bonds. The van der Waals surface area contributed by atoms with E-state index in [2.05, 4.69) is 9.88 Å². The predicted molar refractivity (Wildman–Crippen MR) is 75.0 cm³/mol. The number of hydrogen-bond donors (Lipinski definition) is 1. The number of rotatable bonds is 3. The first-order chi connectivity index (χ1) is 8.93. The Morgan fingerprint density at radius 3 is 2.84 bits per heavy atom. The SMILES string of the molecule is CN1CCN(c2ncccc2S(C)(=O)=O)C(CN)C1. The first-order valence-electron chi connectivity index (χ1n) is 6.24. The van der Waals surface area contributed by atoms with E-state index in [0.29, 0.717) is 12.4 Å². The normalized spacial score (nSPS) is 21.6. The van der Waals surface area contributed by atoms with Gasteiger partial charge in [0, 0.05) is 38.6 Å². The van der Waals surface area contributed by atoms with E-state index in [9.17, 15) is 8.42 Å².